The zero-order valence-corrected chi connectivity index (χ0v) is 11.2. The van der Waals surface area contributed by atoms with Crippen molar-refractivity contribution in [2.75, 3.05) is 13.2 Å². The quantitative estimate of drug-likeness (QED) is 0.351. The van der Waals surface area contributed by atoms with Gasteiger partial charge in [0.05, 0.1) is 13.0 Å². The lowest BCUT2D eigenvalue weighted by molar-refractivity contribution is -0.159. The van der Waals surface area contributed by atoms with Crippen LogP contribution in [0.4, 0.5) is 0 Å². The smallest absolute Gasteiger partial charge is 0.414 e. The summed E-state index contributed by atoms with van der Waals surface area (Å²) < 4.78 is 0. The first kappa shape index (κ1) is 18.6. The van der Waals surface area contributed by atoms with Gasteiger partial charge in [0.1, 0.15) is 0 Å². The molecule has 0 bridgehead atoms. The normalized spacial score (nSPS) is 9.38. The molecule has 0 aliphatic rings. The molecular weight excluding hydrogens is 282 g/mol. The van der Waals surface area contributed by atoms with Crippen LogP contribution < -0.4 is 5.32 Å². The summed E-state index contributed by atoms with van der Waals surface area (Å²) in [6.45, 7) is 1.30. The van der Waals surface area contributed by atoms with Crippen LogP contribution in [-0.2, 0) is 27.3 Å². The maximum atomic E-state index is 10.5. The molecule has 0 amide bonds. The van der Waals surface area contributed by atoms with Gasteiger partial charge in [0, 0.05) is 13.1 Å². The molecule has 0 aliphatic carbocycles. The number of carbonyl (C=O) groups is 3. The number of carboxylic acids is 3. The number of aliphatic hydroxyl groups is 1. The molecule has 1 aromatic rings. The molecule has 8 heteroatoms. The average molecular weight is 299 g/mol. The number of hydrogen-bond donors (Lipinski definition) is 5. The maximum absolute atomic E-state index is 10.5. The Hall–Kier alpha value is -2.45. The van der Waals surface area contributed by atoms with Crippen LogP contribution in [0.5, 0.6) is 0 Å². The Morgan fingerprint density at radius 2 is 1.57 bits per heavy atom. The maximum Gasteiger partial charge on any atom is 0.414 e. The lowest BCUT2D eigenvalue weighted by atomic mass is 10.1. The van der Waals surface area contributed by atoms with Crippen molar-refractivity contribution < 1.29 is 34.8 Å². The van der Waals surface area contributed by atoms with Gasteiger partial charge in [-0.15, -0.1) is 0 Å². The van der Waals surface area contributed by atoms with E-state index in [1.807, 2.05) is 18.2 Å². The van der Waals surface area contributed by atoms with Crippen molar-refractivity contribution in [3.8, 4) is 0 Å². The number of nitrogens with one attached hydrogen (secondary N) is 1. The summed E-state index contributed by atoms with van der Waals surface area (Å²) in [5.41, 5.74) is 1.83. The Morgan fingerprint density at radius 3 is 2.05 bits per heavy atom. The highest BCUT2D eigenvalue weighted by atomic mass is 16.4. The zero-order chi connectivity index (χ0) is 16.3. The second-order valence-corrected chi connectivity index (χ2v) is 3.90. The van der Waals surface area contributed by atoms with Crippen LogP contribution in [0.15, 0.2) is 24.3 Å². The molecule has 21 heavy (non-hydrogen) atoms. The van der Waals surface area contributed by atoms with E-state index in [4.69, 9.17) is 30.0 Å². The minimum Gasteiger partial charge on any atom is -0.481 e. The van der Waals surface area contributed by atoms with Crippen molar-refractivity contribution in [2.24, 2.45) is 0 Å². The molecule has 1 rings (SSSR count). The molecule has 1 aromatic carbocycles. The van der Waals surface area contributed by atoms with Crippen LogP contribution in [0.1, 0.15) is 11.1 Å². The van der Waals surface area contributed by atoms with Gasteiger partial charge in [-0.05, 0) is 11.1 Å². The molecule has 0 fully saturated rings. The second kappa shape index (κ2) is 10.4. The number of aliphatic hydroxyl groups excluding tert-OH is 1. The predicted molar refractivity (Wildman–Crippen MR) is 71.8 cm³/mol. The average Bonchev–Trinajstić information content (AvgIpc) is 2.39. The summed E-state index contributed by atoms with van der Waals surface area (Å²) in [5.74, 6) is -4.47. The van der Waals surface area contributed by atoms with Gasteiger partial charge in [0.15, 0.2) is 0 Å². The number of rotatable bonds is 6. The van der Waals surface area contributed by atoms with E-state index in [-0.39, 0.29) is 13.0 Å². The zero-order valence-electron chi connectivity index (χ0n) is 11.2. The van der Waals surface area contributed by atoms with Gasteiger partial charge in [0.2, 0.25) is 0 Å². The van der Waals surface area contributed by atoms with E-state index in [1.165, 1.54) is 0 Å². The topological polar surface area (TPSA) is 144 Å². The van der Waals surface area contributed by atoms with Crippen LogP contribution >= 0.6 is 0 Å². The first-order valence-electron chi connectivity index (χ1n) is 5.94. The van der Waals surface area contributed by atoms with Gasteiger partial charge in [-0.25, -0.2) is 9.59 Å². The van der Waals surface area contributed by atoms with Crippen LogP contribution in [0.2, 0.25) is 0 Å². The molecule has 116 valence electrons. The summed E-state index contributed by atoms with van der Waals surface area (Å²) in [7, 11) is 0. The number of hydrogen-bond acceptors (Lipinski definition) is 5. The summed E-state index contributed by atoms with van der Waals surface area (Å²) in [5, 5.41) is 35.0. The first-order chi connectivity index (χ1) is 9.86. The van der Waals surface area contributed by atoms with E-state index in [0.29, 0.717) is 13.1 Å². The van der Waals surface area contributed by atoms with Crippen LogP contribution in [-0.4, -0.2) is 51.5 Å². The molecule has 0 aromatic heterocycles. The molecule has 0 saturated carbocycles. The highest BCUT2D eigenvalue weighted by Crippen LogP contribution is 2.05. The van der Waals surface area contributed by atoms with Crippen molar-refractivity contribution in [2.45, 2.75) is 13.0 Å². The fourth-order valence-electron chi connectivity index (χ4n) is 1.34. The van der Waals surface area contributed by atoms with Crippen molar-refractivity contribution in [3.05, 3.63) is 35.4 Å². The Kier molecular flexibility index (Phi) is 9.14. The Morgan fingerprint density at radius 1 is 1.00 bits per heavy atom. The minimum atomic E-state index is -1.82. The largest absolute Gasteiger partial charge is 0.481 e. The Labute approximate surface area is 120 Å². The predicted octanol–water partition coefficient (Wildman–Crippen LogP) is -0.449. The van der Waals surface area contributed by atoms with Gasteiger partial charge >= 0.3 is 17.9 Å². The van der Waals surface area contributed by atoms with Crippen molar-refractivity contribution in [3.63, 3.8) is 0 Å². The number of aliphatic carboxylic acids is 3. The van der Waals surface area contributed by atoms with Gasteiger partial charge < -0.3 is 25.7 Å². The fraction of sp³-hybridized carbons (Fsp3) is 0.308. The molecular formula is C13H17NO7. The number of benzene rings is 1. The Bertz CT molecular complexity index is 475. The second-order valence-electron chi connectivity index (χ2n) is 3.90. The van der Waals surface area contributed by atoms with Crippen LogP contribution in [0.25, 0.3) is 0 Å². The third kappa shape index (κ3) is 10.0. The summed E-state index contributed by atoms with van der Waals surface area (Å²) in [6, 6.07) is 7.42. The lowest BCUT2D eigenvalue weighted by Gasteiger charge is -2.04. The van der Waals surface area contributed by atoms with E-state index < -0.39 is 17.9 Å². The summed E-state index contributed by atoms with van der Waals surface area (Å²) in [6.07, 6.45) is 0.0494. The van der Waals surface area contributed by atoms with E-state index in [9.17, 15) is 4.79 Å². The van der Waals surface area contributed by atoms with Crippen LogP contribution in [0.3, 0.4) is 0 Å². The minimum absolute atomic E-state index is 0.0494. The first-order valence-corrected chi connectivity index (χ1v) is 5.94. The van der Waals surface area contributed by atoms with Gasteiger partial charge in [-0.2, -0.15) is 0 Å². The standard InChI is InChI=1S/C11H15NO3.C2H2O4/c13-5-4-12-8-10-3-1-2-9(6-10)7-11(14)15;3-1(4)2(5)6/h1-3,6,12-13H,4-5,7-8H2,(H,14,15);(H,3,4)(H,5,6). The highest BCUT2D eigenvalue weighted by molar-refractivity contribution is 6.27. The SMILES string of the molecule is O=C(O)C(=O)O.O=C(O)Cc1cccc(CNCCO)c1. The van der Waals surface area contributed by atoms with E-state index in [1.54, 1.807) is 6.07 Å². The van der Waals surface area contributed by atoms with Crippen molar-refractivity contribution in [1.82, 2.24) is 5.32 Å². The molecule has 0 saturated heterocycles. The van der Waals surface area contributed by atoms with E-state index in [0.717, 1.165) is 11.1 Å². The summed E-state index contributed by atoms with van der Waals surface area (Å²) in [4.78, 5) is 28.7. The van der Waals surface area contributed by atoms with Crippen molar-refractivity contribution in [1.29, 1.82) is 0 Å². The summed E-state index contributed by atoms with van der Waals surface area (Å²) >= 11 is 0. The molecule has 0 spiro atoms. The molecule has 0 atom stereocenters. The van der Waals surface area contributed by atoms with E-state index >= 15 is 0 Å². The number of carboxylic acid groups (broad SMARTS) is 3. The highest BCUT2D eigenvalue weighted by Gasteiger charge is 2.04. The van der Waals surface area contributed by atoms with Gasteiger partial charge in [0.25, 0.3) is 0 Å². The molecule has 0 heterocycles. The fourth-order valence-corrected chi connectivity index (χ4v) is 1.34. The molecule has 8 nitrogen and oxygen atoms in total. The third-order valence-corrected chi connectivity index (χ3v) is 2.15. The van der Waals surface area contributed by atoms with Gasteiger partial charge in [-0.1, -0.05) is 24.3 Å². The third-order valence-electron chi connectivity index (χ3n) is 2.15. The van der Waals surface area contributed by atoms with Gasteiger partial charge in [-0.3, -0.25) is 4.79 Å². The molecule has 5 N–H and O–H groups in total. The van der Waals surface area contributed by atoms with Crippen molar-refractivity contribution >= 4 is 17.9 Å². The van der Waals surface area contributed by atoms with E-state index in [2.05, 4.69) is 5.32 Å². The molecule has 0 aliphatic heterocycles. The Balaban J connectivity index is 0.000000567. The van der Waals surface area contributed by atoms with Crippen LogP contribution in [0, 0.1) is 0 Å². The monoisotopic (exact) mass is 299 g/mol. The lowest BCUT2D eigenvalue weighted by Crippen LogP contribution is -2.17. The molecule has 0 radical (unpaired) electrons. The molecule has 0 unspecified atom stereocenters.